The predicted molar refractivity (Wildman–Crippen MR) is 67.0 cm³/mol. The normalized spacial score (nSPS) is 17.6. The molecule has 82 valence electrons. The summed E-state index contributed by atoms with van der Waals surface area (Å²) in [5.41, 5.74) is 11.8. The van der Waals surface area contributed by atoms with Crippen LogP contribution < -0.4 is 16.8 Å². The quantitative estimate of drug-likeness (QED) is 0.710. The molecule has 5 heteroatoms. The third-order valence-corrected chi connectivity index (χ3v) is 3.58. The summed E-state index contributed by atoms with van der Waals surface area (Å²) >= 11 is 2.01. The molecule has 0 radical (unpaired) electrons. The first-order valence-corrected chi connectivity index (χ1v) is 6.27. The Balaban J connectivity index is 2.00. The van der Waals surface area contributed by atoms with Crippen molar-refractivity contribution in [3.05, 3.63) is 12.1 Å². The number of nitrogens with one attached hydrogen (secondary N) is 1. The molecule has 1 aliphatic rings. The van der Waals surface area contributed by atoms with Gasteiger partial charge in [-0.05, 0) is 36.5 Å². The van der Waals surface area contributed by atoms with E-state index in [0.717, 1.165) is 5.82 Å². The van der Waals surface area contributed by atoms with Crippen LogP contribution in [0, 0.1) is 0 Å². The SMILES string of the molecule is Nc1ccc(NC2CCSCC2)nc1N. The second-order valence-corrected chi connectivity index (χ2v) is 4.93. The maximum absolute atomic E-state index is 5.65. The van der Waals surface area contributed by atoms with Crippen LogP contribution in [0.3, 0.4) is 0 Å². The lowest BCUT2D eigenvalue weighted by atomic mass is 10.1. The van der Waals surface area contributed by atoms with E-state index in [1.54, 1.807) is 6.07 Å². The van der Waals surface area contributed by atoms with Gasteiger partial charge in [-0.3, -0.25) is 0 Å². The van der Waals surface area contributed by atoms with E-state index in [2.05, 4.69) is 10.3 Å². The van der Waals surface area contributed by atoms with E-state index in [4.69, 9.17) is 11.5 Å². The van der Waals surface area contributed by atoms with E-state index >= 15 is 0 Å². The number of pyridine rings is 1. The lowest BCUT2D eigenvalue weighted by Crippen LogP contribution is -2.25. The van der Waals surface area contributed by atoms with Crippen LogP contribution in [0.5, 0.6) is 0 Å². The summed E-state index contributed by atoms with van der Waals surface area (Å²) in [4.78, 5) is 4.20. The molecule has 0 bridgehead atoms. The van der Waals surface area contributed by atoms with Crippen molar-refractivity contribution in [1.82, 2.24) is 4.98 Å². The number of anilines is 3. The van der Waals surface area contributed by atoms with Crippen LogP contribution in [0.15, 0.2) is 12.1 Å². The second-order valence-electron chi connectivity index (χ2n) is 3.70. The van der Waals surface area contributed by atoms with Crippen LogP contribution >= 0.6 is 11.8 Å². The van der Waals surface area contributed by atoms with Gasteiger partial charge in [0.25, 0.3) is 0 Å². The van der Waals surface area contributed by atoms with Crippen molar-refractivity contribution in [3.63, 3.8) is 0 Å². The van der Waals surface area contributed by atoms with Crippen molar-refractivity contribution in [2.24, 2.45) is 0 Å². The Morgan fingerprint density at radius 3 is 2.67 bits per heavy atom. The summed E-state index contributed by atoms with van der Waals surface area (Å²) in [6.07, 6.45) is 2.38. The Hall–Kier alpha value is -1.10. The van der Waals surface area contributed by atoms with Gasteiger partial charge in [0.05, 0.1) is 5.69 Å². The minimum Gasteiger partial charge on any atom is -0.396 e. The van der Waals surface area contributed by atoms with Crippen molar-refractivity contribution < 1.29 is 0 Å². The Morgan fingerprint density at radius 2 is 2.00 bits per heavy atom. The molecule has 2 heterocycles. The molecule has 1 aromatic heterocycles. The fourth-order valence-electron chi connectivity index (χ4n) is 1.62. The molecule has 5 N–H and O–H groups in total. The van der Waals surface area contributed by atoms with Crippen molar-refractivity contribution in [2.75, 3.05) is 28.3 Å². The van der Waals surface area contributed by atoms with Gasteiger partial charge in [0.15, 0.2) is 0 Å². The molecule has 15 heavy (non-hydrogen) atoms. The van der Waals surface area contributed by atoms with Crippen LogP contribution in [0.2, 0.25) is 0 Å². The van der Waals surface area contributed by atoms with Crippen LogP contribution in [0.25, 0.3) is 0 Å². The fraction of sp³-hybridized carbons (Fsp3) is 0.500. The largest absolute Gasteiger partial charge is 0.396 e. The van der Waals surface area contributed by atoms with Crippen molar-refractivity contribution in [2.45, 2.75) is 18.9 Å². The van der Waals surface area contributed by atoms with Gasteiger partial charge in [-0.15, -0.1) is 0 Å². The zero-order valence-corrected chi connectivity index (χ0v) is 9.39. The molecule has 0 amide bonds. The monoisotopic (exact) mass is 224 g/mol. The number of aromatic nitrogens is 1. The molecule has 0 aromatic carbocycles. The number of nitrogens with two attached hydrogens (primary N) is 2. The summed E-state index contributed by atoms with van der Waals surface area (Å²) < 4.78 is 0. The number of hydrogen-bond acceptors (Lipinski definition) is 5. The van der Waals surface area contributed by atoms with Gasteiger partial charge >= 0.3 is 0 Å². The molecule has 2 rings (SSSR count). The van der Waals surface area contributed by atoms with E-state index in [0.29, 0.717) is 17.5 Å². The molecular formula is C10H16N4S. The first-order chi connectivity index (χ1) is 7.25. The minimum absolute atomic E-state index is 0.408. The molecule has 0 unspecified atom stereocenters. The minimum atomic E-state index is 0.408. The highest BCUT2D eigenvalue weighted by Crippen LogP contribution is 2.21. The van der Waals surface area contributed by atoms with E-state index < -0.39 is 0 Å². The van der Waals surface area contributed by atoms with E-state index in [1.165, 1.54) is 24.3 Å². The number of thioether (sulfide) groups is 1. The highest BCUT2D eigenvalue weighted by atomic mass is 32.2. The molecule has 0 atom stereocenters. The molecule has 0 spiro atoms. The van der Waals surface area contributed by atoms with E-state index in [1.807, 2.05) is 17.8 Å². The van der Waals surface area contributed by atoms with E-state index in [9.17, 15) is 0 Å². The average molecular weight is 224 g/mol. The summed E-state index contributed by atoms with van der Waals surface area (Å²) in [7, 11) is 0. The summed E-state index contributed by atoms with van der Waals surface area (Å²) in [5, 5.41) is 3.39. The molecule has 1 saturated heterocycles. The first-order valence-electron chi connectivity index (χ1n) is 5.12. The zero-order chi connectivity index (χ0) is 10.7. The maximum atomic E-state index is 5.65. The van der Waals surface area contributed by atoms with Crippen molar-refractivity contribution in [1.29, 1.82) is 0 Å². The first kappa shape index (κ1) is 10.4. The molecular weight excluding hydrogens is 208 g/mol. The van der Waals surface area contributed by atoms with Gasteiger partial charge in [-0.2, -0.15) is 11.8 Å². The van der Waals surface area contributed by atoms with Gasteiger partial charge in [-0.1, -0.05) is 0 Å². The topological polar surface area (TPSA) is 77.0 Å². The number of nitrogen functional groups attached to an aromatic ring is 2. The maximum Gasteiger partial charge on any atom is 0.149 e. The third kappa shape index (κ3) is 2.68. The van der Waals surface area contributed by atoms with Crippen LogP contribution in [-0.4, -0.2) is 22.5 Å². The van der Waals surface area contributed by atoms with E-state index in [-0.39, 0.29) is 0 Å². The van der Waals surface area contributed by atoms with Gasteiger partial charge in [-0.25, -0.2) is 4.98 Å². The number of hydrogen-bond donors (Lipinski definition) is 3. The highest BCUT2D eigenvalue weighted by molar-refractivity contribution is 7.99. The Labute approximate surface area is 93.8 Å². The molecule has 1 aliphatic heterocycles. The van der Waals surface area contributed by atoms with Gasteiger partial charge < -0.3 is 16.8 Å². The van der Waals surface area contributed by atoms with Gasteiger partial charge in [0.2, 0.25) is 0 Å². The van der Waals surface area contributed by atoms with Crippen molar-refractivity contribution in [3.8, 4) is 0 Å². The smallest absolute Gasteiger partial charge is 0.149 e. The van der Waals surface area contributed by atoms with Gasteiger partial charge in [0, 0.05) is 6.04 Å². The predicted octanol–water partition coefficient (Wildman–Crippen LogP) is 1.55. The molecule has 1 fully saturated rings. The highest BCUT2D eigenvalue weighted by Gasteiger charge is 2.13. The zero-order valence-electron chi connectivity index (χ0n) is 8.57. The van der Waals surface area contributed by atoms with Crippen molar-refractivity contribution >= 4 is 29.1 Å². The molecule has 0 aliphatic carbocycles. The Morgan fingerprint density at radius 1 is 1.27 bits per heavy atom. The van der Waals surface area contributed by atoms with Gasteiger partial charge in [0.1, 0.15) is 11.6 Å². The number of nitrogens with zero attached hydrogens (tertiary/aromatic N) is 1. The molecule has 1 aromatic rings. The Kier molecular flexibility index (Phi) is 3.20. The van der Waals surface area contributed by atoms with Crippen LogP contribution in [0.1, 0.15) is 12.8 Å². The molecule has 4 nitrogen and oxygen atoms in total. The molecule has 0 saturated carbocycles. The standard InChI is InChI=1S/C10H16N4S/c11-8-1-2-9(14-10(8)12)13-7-3-5-15-6-4-7/h1-2,7H,3-6,11H2,(H3,12,13,14). The second kappa shape index (κ2) is 4.61. The van der Waals surface area contributed by atoms with Crippen LogP contribution in [-0.2, 0) is 0 Å². The lowest BCUT2D eigenvalue weighted by molar-refractivity contribution is 0.664. The summed E-state index contributed by atoms with van der Waals surface area (Å²) in [6.45, 7) is 0. The lowest BCUT2D eigenvalue weighted by Gasteiger charge is -2.23. The summed E-state index contributed by atoms with van der Waals surface area (Å²) in [6, 6.07) is 4.21. The summed E-state index contributed by atoms with van der Waals surface area (Å²) in [5.74, 6) is 3.69. The average Bonchev–Trinajstić information content (AvgIpc) is 2.25. The third-order valence-electron chi connectivity index (χ3n) is 2.53. The Bertz CT molecular complexity index is 336. The number of rotatable bonds is 2. The van der Waals surface area contributed by atoms with Crippen LogP contribution in [0.4, 0.5) is 17.3 Å². The fourth-order valence-corrected chi connectivity index (χ4v) is 2.72.